The van der Waals surface area contributed by atoms with E-state index in [4.69, 9.17) is 5.73 Å². The minimum Gasteiger partial charge on any atom is -0.325 e. The second-order valence-corrected chi connectivity index (χ2v) is 4.95. The van der Waals surface area contributed by atoms with Crippen LogP contribution in [0, 0.1) is 12.7 Å². The van der Waals surface area contributed by atoms with Gasteiger partial charge in [0.2, 0.25) is 0 Å². The highest BCUT2D eigenvalue weighted by molar-refractivity contribution is 5.44. The number of nitrogens with zero attached hydrogens (tertiary/aromatic N) is 2. The quantitative estimate of drug-likeness (QED) is 0.794. The fraction of sp³-hybridized carbons (Fsp3) is 0.188. The number of benzene rings is 1. The molecular weight excluding hydrogens is 253 g/mol. The first kappa shape index (κ1) is 12.8. The molecule has 1 aromatic carbocycles. The maximum Gasteiger partial charge on any atom is 0.139 e. The van der Waals surface area contributed by atoms with Gasteiger partial charge in [0.25, 0.3) is 0 Å². The minimum absolute atomic E-state index is 0.286. The molecule has 0 aliphatic rings. The van der Waals surface area contributed by atoms with Crippen LogP contribution >= 0.6 is 0 Å². The first-order chi connectivity index (χ1) is 9.67. The van der Waals surface area contributed by atoms with Gasteiger partial charge in [0, 0.05) is 19.2 Å². The normalized spacial score (nSPS) is 11.2. The Morgan fingerprint density at radius 1 is 1.15 bits per heavy atom. The van der Waals surface area contributed by atoms with Crippen molar-refractivity contribution < 1.29 is 4.39 Å². The number of halogens is 1. The van der Waals surface area contributed by atoms with Crippen molar-refractivity contribution in [3.63, 3.8) is 0 Å². The first-order valence-corrected chi connectivity index (χ1v) is 6.58. The monoisotopic (exact) mass is 269 g/mol. The number of pyridine rings is 1. The molecule has 0 radical (unpaired) electrons. The molecule has 0 aliphatic heterocycles. The molecule has 4 heteroatoms. The lowest BCUT2D eigenvalue weighted by atomic mass is 10.1. The Kier molecular flexibility index (Phi) is 3.24. The topological polar surface area (TPSA) is 43.3 Å². The van der Waals surface area contributed by atoms with Crippen LogP contribution in [0.2, 0.25) is 0 Å². The Bertz CT molecular complexity index is 744. The molecule has 2 aromatic heterocycles. The molecule has 0 fully saturated rings. The van der Waals surface area contributed by atoms with Crippen LogP contribution in [-0.2, 0) is 13.0 Å². The molecular formula is C16H16FN3. The van der Waals surface area contributed by atoms with Gasteiger partial charge in [0.15, 0.2) is 0 Å². The smallest absolute Gasteiger partial charge is 0.139 e. The van der Waals surface area contributed by atoms with Gasteiger partial charge in [-0.2, -0.15) is 0 Å². The summed E-state index contributed by atoms with van der Waals surface area (Å²) in [6.45, 7) is 2.40. The van der Waals surface area contributed by atoms with Crippen LogP contribution in [0.4, 0.5) is 4.39 Å². The Labute approximate surface area is 116 Å². The zero-order chi connectivity index (χ0) is 14.1. The van der Waals surface area contributed by atoms with E-state index in [2.05, 4.69) is 36.2 Å². The van der Waals surface area contributed by atoms with Crippen molar-refractivity contribution in [1.82, 2.24) is 9.38 Å². The fourth-order valence-electron chi connectivity index (χ4n) is 2.37. The number of aromatic nitrogens is 2. The third-order valence-corrected chi connectivity index (χ3v) is 3.45. The van der Waals surface area contributed by atoms with E-state index in [-0.39, 0.29) is 5.82 Å². The lowest BCUT2D eigenvalue weighted by Crippen LogP contribution is -2.05. The van der Waals surface area contributed by atoms with Crippen molar-refractivity contribution in [1.29, 1.82) is 0 Å². The molecule has 2 N–H and O–H groups in total. The van der Waals surface area contributed by atoms with E-state index in [0.717, 1.165) is 17.0 Å². The Hall–Kier alpha value is -2.20. The highest BCUT2D eigenvalue weighted by Crippen LogP contribution is 2.17. The van der Waals surface area contributed by atoms with Crippen molar-refractivity contribution in [2.75, 3.05) is 0 Å². The van der Waals surface area contributed by atoms with Gasteiger partial charge in [-0.1, -0.05) is 29.8 Å². The highest BCUT2D eigenvalue weighted by atomic mass is 19.1. The SMILES string of the molecule is Cc1ccc(Cc2nc3ccc(F)cn3c2CN)cc1. The van der Waals surface area contributed by atoms with Gasteiger partial charge in [-0.25, -0.2) is 9.37 Å². The second-order valence-electron chi connectivity index (χ2n) is 4.95. The summed E-state index contributed by atoms with van der Waals surface area (Å²) in [5.74, 6) is -0.286. The summed E-state index contributed by atoms with van der Waals surface area (Å²) in [7, 11) is 0. The van der Waals surface area contributed by atoms with E-state index in [0.29, 0.717) is 13.0 Å². The van der Waals surface area contributed by atoms with E-state index in [1.807, 2.05) is 0 Å². The molecule has 0 atom stereocenters. The highest BCUT2D eigenvalue weighted by Gasteiger charge is 2.11. The number of fused-ring (bicyclic) bond motifs is 1. The predicted molar refractivity (Wildman–Crippen MR) is 77.0 cm³/mol. The van der Waals surface area contributed by atoms with Crippen molar-refractivity contribution in [2.45, 2.75) is 19.9 Å². The maximum atomic E-state index is 13.3. The number of imidazole rings is 1. The molecule has 0 amide bonds. The van der Waals surface area contributed by atoms with Crippen LogP contribution in [-0.4, -0.2) is 9.38 Å². The second kappa shape index (κ2) is 5.06. The largest absolute Gasteiger partial charge is 0.325 e. The minimum atomic E-state index is -0.286. The summed E-state index contributed by atoms with van der Waals surface area (Å²) in [5.41, 5.74) is 10.7. The molecule has 0 saturated carbocycles. The Balaban J connectivity index is 2.04. The molecule has 3 rings (SSSR count). The lowest BCUT2D eigenvalue weighted by Gasteiger charge is -2.03. The predicted octanol–water partition coefficient (Wildman–Crippen LogP) is 2.83. The molecule has 0 bridgehead atoms. The summed E-state index contributed by atoms with van der Waals surface area (Å²) >= 11 is 0. The number of rotatable bonds is 3. The summed E-state index contributed by atoms with van der Waals surface area (Å²) in [6, 6.07) is 11.4. The number of hydrogen-bond acceptors (Lipinski definition) is 2. The van der Waals surface area contributed by atoms with E-state index in [1.54, 1.807) is 10.5 Å². The van der Waals surface area contributed by atoms with Crippen LogP contribution in [0.3, 0.4) is 0 Å². The third kappa shape index (κ3) is 2.30. The number of hydrogen-bond donors (Lipinski definition) is 1. The van der Waals surface area contributed by atoms with Crippen LogP contribution in [0.1, 0.15) is 22.5 Å². The average molecular weight is 269 g/mol. The molecule has 102 valence electrons. The van der Waals surface area contributed by atoms with Crippen LogP contribution in [0.25, 0.3) is 5.65 Å². The number of nitrogens with two attached hydrogens (primary N) is 1. The molecule has 3 aromatic rings. The van der Waals surface area contributed by atoms with Gasteiger partial charge < -0.3 is 5.73 Å². The molecule has 0 spiro atoms. The van der Waals surface area contributed by atoms with E-state index in [9.17, 15) is 4.39 Å². The molecule has 20 heavy (non-hydrogen) atoms. The van der Waals surface area contributed by atoms with Crippen LogP contribution < -0.4 is 5.73 Å². The fourth-order valence-corrected chi connectivity index (χ4v) is 2.37. The van der Waals surface area contributed by atoms with Gasteiger partial charge >= 0.3 is 0 Å². The van der Waals surface area contributed by atoms with Crippen molar-refractivity contribution in [2.24, 2.45) is 5.73 Å². The maximum absolute atomic E-state index is 13.3. The molecule has 2 heterocycles. The summed E-state index contributed by atoms with van der Waals surface area (Å²) in [6.07, 6.45) is 2.14. The first-order valence-electron chi connectivity index (χ1n) is 6.58. The van der Waals surface area contributed by atoms with Gasteiger partial charge in [-0.15, -0.1) is 0 Å². The number of aryl methyl sites for hydroxylation is 1. The van der Waals surface area contributed by atoms with Crippen molar-refractivity contribution in [3.8, 4) is 0 Å². The van der Waals surface area contributed by atoms with Gasteiger partial charge in [-0.05, 0) is 24.6 Å². The Morgan fingerprint density at radius 3 is 2.60 bits per heavy atom. The van der Waals surface area contributed by atoms with Crippen molar-refractivity contribution >= 4 is 5.65 Å². The standard InChI is InChI=1S/C16H16FN3/c1-11-2-4-12(5-3-11)8-14-15(9-18)20-10-13(17)6-7-16(20)19-14/h2-7,10H,8-9,18H2,1H3. The summed E-state index contributed by atoms with van der Waals surface area (Å²) in [5, 5.41) is 0. The Morgan fingerprint density at radius 2 is 1.90 bits per heavy atom. The van der Waals surface area contributed by atoms with Crippen LogP contribution in [0.5, 0.6) is 0 Å². The van der Waals surface area contributed by atoms with Gasteiger partial charge in [-0.3, -0.25) is 4.40 Å². The van der Waals surface area contributed by atoms with Gasteiger partial charge in [0.05, 0.1) is 11.4 Å². The molecule has 0 unspecified atom stereocenters. The lowest BCUT2D eigenvalue weighted by molar-refractivity contribution is 0.617. The van der Waals surface area contributed by atoms with Crippen molar-refractivity contribution in [3.05, 3.63) is 70.9 Å². The van der Waals surface area contributed by atoms with E-state index >= 15 is 0 Å². The molecule has 0 saturated heterocycles. The summed E-state index contributed by atoms with van der Waals surface area (Å²) < 4.78 is 15.1. The average Bonchev–Trinajstić information content (AvgIpc) is 2.78. The molecule has 0 aliphatic carbocycles. The van der Waals surface area contributed by atoms with E-state index < -0.39 is 0 Å². The zero-order valence-electron chi connectivity index (χ0n) is 11.3. The van der Waals surface area contributed by atoms with Crippen LogP contribution in [0.15, 0.2) is 42.6 Å². The van der Waals surface area contributed by atoms with Gasteiger partial charge in [0.1, 0.15) is 11.5 Å². The molecule has 3 nitrogen and oxygen atoms in total. The third-order valence-electron chi connectivity index (χ3n) is 3.45. The zero-order valence-corrected chi connectivity index (χ0v) is 11.3. The van der Waals surface area contributed by atoms with E-state index in [1.165, 1.54) is 23.4 Å². The summed E-state index contributed by atoms with van der Waals surface area (Å²) in [4.78, 5) is 4.56.